The fourth-order valence-corrected chi connectivity index (χ4v) is 1.60. The van der Waals surface area contributed by atoms with Crippen LogP contribution in [0, 0.1) is 10.8 Å². The Morgan fingerprint density at radius 3 is 1.42 bits per heavy atom. The molecule has 0 aromatic heterocycles. The number of thiol groups is 1. The van der Waals surface area contributed by atoms with E-state index in [1.165, 1.54) is 11.1 Å². The summed E-state index contributed by atoms with van der Waals surface area (Å²) >= 11 is 14.0. The highest BCUT2D eigenvalue weighted by molar-refractivity contribution is 8.08. The Kier molecular flexibility index (Phi) is 31.6. The normalized spacial score (nSPS) is 10.7. The van der Waals surface area contributed by atoms with Gasteiger partial charge in [0.15, 0.2) is 0 Å². The van der Waals surface area contributed by atoms with E-state index in [9.17, 15) is 0 Å². The third kappa shape index (κ3) is 22.7. The molecule has 0 aromatic carbocycles. The molecule has 0 heterocycles. The second kappa shape index (κ2) is 21.9. The van der Waals surface area contributed by atoms with Crippen molar-refractivity contribution in [3.8, 4) is 0 Å². The molecule has 26 heavy (non-hydrogen) atoms. The standard InChI is InChI=1S/C13H29ClN2.C3H8.2C2H6.CH2S2/c1-11(2,3)8-9-16(14)13(6,7)12(4,5)10-15;1-3-2;2*1-2;2-1-3/h8-10,15H2,1-7H3;3H2,1-2H3;2*1-2H3;1H,(H,2,3). The molecule has 0 unspecified atom stereocenters. The summed E-state index contributed by atoms with van der Waals surface area (Å²) in [7, 11) is 0. The fraction of sp³-hybridized carbons (Fsp3) is 0.952. The quantitative estimate of drug-likeness (QED) is 0.263. The molecule has 0 spiro atoms. The summed E-state index contributed by atoms with van der Waals surface area (Å²) in [5.74, 6) is 0. The van der Waals surface area contributed by atoms with Crippen LogP contribution in [0.2, 0.25) is 0 Å². The predicted octanol–water partition coefficient (Wildman–Crippen LogP) is 7.98. The SMILES string of the molecule is CC.CC.CC(C)(C)CCN(Cl)C(C)(C)C(C)(C)CN.CCC.S=CS. The lowest BCUT2D eigenvalue weighted by atomic mass is 9.74. The zero-order valence-corrected chi connectivity index (χ0v) is 22.6. The van der Waals surface area contributed by atoms with E-state index in [1.54, 1.807) is 0 Å². The van der Waals surface area contributed by atoms with Crippen molar-refractivity contribution in [3.05, 3.63) is 0 Å². The summed E-state index contributed by atoms with van der Waals surface area (Å²) in [5, 5.41) is 0. The van der Waals surface area contributed by atoms with Crippen LogP contribution in [0.15, 0.2) is 0 Å². The molecule has 0 saturated heterocycles. The van der Waals surface area contributed by atoms with E-state index in [0.29, 0.717) is 12.0 Å². The van der Waals surface area contributed by atoms with Gasteiger partial charge in [-0.25, -0.2) is 4.42 Å². The van der Waals surface area contributed by atoms with Crippen LogP contribution in [0.5, 0.6) is 0 Å². The maximum atomic E-state index is 6.42. The molecule has 0 aliphatic rings. The van der Waals surface area contributed by atoms with E-state index in [2.05, 4.69) is 87.2 Å². The highest BCUT2D eigenvalue weighted by Gasteiger charge is 2.40. The van der Waals surface area contributed by atoms with Crippen molar-refractivity contribution >= 4 is 41.3 Å². The van der Waals surface area contributed by atoms with E-state index < -0.39 is 0 Å². The summed E-state index contributed by atoms with van der Waals surface area (Å²) in [4.78, 5) is 0. The molecule has 0 amide bonds. The first kappa shape index (κ1) is 37.4. The first-order chi connectivity index (χ1) is 11.8. The molecule has 0 bridgehead atoms. The molecule has 0 atom stereocenters. The third-order valence-corrected chi connectivity index (χ3v) is 4.42. The molecule has 5 heteroatoms. The molecule has 0 aliphatic carbocycles. The summed E-state index contributed by atoms with van der Waals surface area (Å²) in [6.45, 7) is 29.1. The van der Waals surface area contributed by atoms with Gasteiger partial charge < -0.3 is 5.73 Å². The molecule has 0 fully saturated rings. The summed E-state index contributed by atoms with van der Waals surface area (Å²) in [6, 6.07) is 0. The molecule has 0 saturated carbocycles. The zero-order chi connectivity index (χ0) is 22.6. The van der Waals surface area contributed by atoms with Crippen LogP contribution < -0.4 is 5.73 Å². The molecule has 0 aromatic rings. The van der Waals surface area contributed by atoms with Crippen LogP contribution in [0.1, 0.15) is 103 Å². The van der Waals surface area contributed by atoms with Gasteiger partial charge >= 0.3 is 0 Å². The fourth-order valence-electron chi connectivity index (χ4n) is 1.29. The summed E-state index contributed by atoms with van der Waals surface area (Å²) in [5.41, 5.74) is 6.05. The lowest BCUT2D eigenvalue weighted by Gasteiger charge is -2.46. The third-order valence-electron chi connectivity index (χ3n) is 3.83. The first-order valence-electron chi connectivity index (χ1n) is 9.98. The smallest absolute Gasteiger partial charge is 0.0369 e. The Hall–Kier alpha value is 0.650. The van der Waals surface area contributed by atoms with Crippen molar-refractivity contribution in [1.29, 1.82) is 0 Å². The van der Waals surface area contributed by atoms with Crippen LogP contribution in [0.25, 0.3) is 0 Å². The van der Waals surface area contributed by atoms with Crippen LogP contribution in [0.4, 0.5) is 0 Å². The maximum Gasteiger partial charge on any atom is 0.0369 e. The van der Waals surface area contributed by atoms with E-state index in [4.69, 9.17) is 17.5 Å². The van der Waals surface area contributed by atoms with Gasteiger partial charge in [-0.2, -0.15) is 0 Å². The van der Waals surface area contributed by atoms with Gasteiger partial charge in [0.25, 0.3) is 0 Å². The minimum Gasteiger partial charge on any atom is -0.330 e. The number of nitrogens with zero attached hydrogens (tertiary/aromatic N) is 1. The first-order valence-corrected chi connectivity index (χ1v) is 11.3. The molecular weight excluding hydrogens is 380 g/mol. The topological polar surface area (TPSA) is 29.3 Å². The maximum absolute atomic E-state index is 6.42. The second-order valence-electron chi connectivity index (χ2n) is 7.86. The Morgan fingerprint density at radius 2 is 1.23 bits per heavy atom. The van der Waals surface area contributed by atoms with E-state index in [-0.39, 0.29) is 11.0 Å². The Labute approximate surface area is 183 Å². The molecule has 2 N–H and O–H groups in total. The largest absolute Gasteiger partial charge is 0.330 e. The van der Waals surface area contributed by atoms with Crippen molar-refractivity contribution in [2.24, 2.45) is 16.6 Å². The second-order valence-corrected chi connectivity index (χ2v) is 9.11. The van der Waals surface area contributed by atoms with Crippen molar-refractivity contribution in [2.45, 2.75) is 108 Å². The van der Waals surface area contributed by atoms with Crippen LogP contribution in [-0.2, 0) is 0 Å². The summed E-state index contributed by atoms with van der Waals surface area (Å²) < 4.78 is 3.20. The number of thiocarbonyl (C=S) groups is 1. The van der Waals surface area contributed by atoms with E-state index in [0.717, 1.165) is 13.0 Å². The average Bonchev–Trinajstić information content (AvgIpc) is 2.56. The minimum atomic E-state index is -0.103. The van der Waals surface area contributed by atoms with Crippen LogP contribution in [0.3, 0.4) is 0 Å². The predicted molar refractivity (Wildman–Crippen MR) is 135 cm³/mol. The number of halogens is 1. The van der Waals surface area contributed by atoms with Gasteiger partial charge in [0, 0.05) is 16.8 Å². The van der Waals surface area contributed by atoms with Crippen LogP contribution >= 0.6 is 36.6 Å². The van der Waals surface area contributed by atoms with Gasteiger partial charge in [0.1, 0.15) is 0 Å². The van der Waals surface area contributed by atoms with Crippen molar-refractivity contribution in [1.82, 2.24) is 4.42 Å². The average molecular weight is 431 g/mol. The van der Waals surface area contributed by atoms with Gasteiger partial charge in [-0.15, -0.1) is 12.6 Å². The molecular formula is C21H51ClN2S2. The highest BCUT2D eigenvalue weighted by atomic mass is 35.5. The lowest BCUT2D eigenvalue weighted by Crippen LogP contribution is -2.53. The number of rotatable bonds is 5. The number of nitrogens with two attached hydrogens (primary N) is 1. The van der Waals surface area contributed by atoms with Crippen molar-refractivity contribution in [2.75, 3.05) is 13.1 Å². The van der Waals surface area contributed by atoms with Gasteiger partial charge in [-0.1, -0.05) is 94.8 Å². The number of hydrogen-bond donors (Lipinski definition) is 2. The molecule has 164 valence electrons. The highest BCUT2D eigenvalue weighted by Crippen LogP contribution is 2.36. The monoisotopic (exact) mass is 430 g/mol. The van der Waals surface area contributed by atoms with Crippen LogP contribution in [-0.4, -0.2) is 27.7 Å². The molecule has 0 radical (unpaired) electrons. The zero-order valence-electron chi connectivity index (χ0n) is 20.2. The lowest BCUT2D eigenvalue weighted by molar-refractivity contribution is 0.0761. The van der Waals surface area contributed by atoms with Gasteiger partial charge in [-0.3, -0.25) is 0 Å². The molecule has 0 rings (SSSR count). The van der Waals surface area contributed by atoms with Gasteiger partial charge in [-0.05, 0) is 49.4 Å². The van der Waals surface area contributed by atoms with Crippen molar-refractivity contribution < 1.29 is 0 Å². The van der Waals surface area contributed by atoms with Gasteiger partial charge in [0.05, 0.1) is 0 Å². The van der Waals surface area contributed by atoms with E-state index in [1.807, 2.05) is 32.1 Å². The summed E-state index contributed by atoms with van der Waals surface area (Å²) in [6.07, 6.45) is 2.33. The Bertz CT molecular complexity index is 276. The van der Waals surface area contributed by atoms with E-state index >= 15 is 0 Å². The minimum absolute atomic E-state index is 0.00658. The Morgan fingerprint density at radius 1 is 0.962 bits per heavy atom. The molecule has 0 aliphatic heterocycles. The number of hydrogen-bond acceptors (Lipinski definition) is 3. The Balaban J connectivity index is -0.000000123. The van der Waals surface area contributed by atoms with Crippen molar-refractivity contribution in [3.63, 3.8) is 0 Å². The molecule has 2 nitrogen and oxygen atoms in total. The van der Waals surface area contributed by atoms with Gasteiger partial charge in [0.2, 0.25) is 0 Å².